The van der Waals surface area contributed by atoms with Crippen molar-refractivity contribution < 1.29 is 5.11 Å². The zero-order valence-corrected chi connectivity index (χ0v) is 6.00. The number of H-pyrrole nitrogens is 1. The molecule has 1 heterocycles. The number of rotatable bonds is 1. The normalized spacial score (nSPS) is 10.0. The molecule has 60 valence electrons. The van der Waals surface area contributed by atoms with Gasteiger partial charge in [-0.05, 0) is 0 Å². The Morgan fingerprint density at radius 1 is 1.64 bits per heavy atom. The van der Waals surface area contributed by atoms with Crippen LogP contribution in [0.3, 0.4) is 0 Å². The first kappa shape index (κ1) is 7.74. The summed E-state index contributed by atoms with van der Waals surface area (Å²) < 4.78 is 0.930. The molecule has 1 aromatic heterocycles. The minimum absolute atomic E-state index is 0.234. The van der Waals surface area contributed by atoms with E-state index in [4.69, 9.17) is 5.11 Å². The number of hydrogen-bond donors (Lipinski definition) is 2. The Bertz CT molecular complexity index is 332. The minimum Gasteiger partial charge on any atom is -0.390 e. The number of aliphatic hydroxyl groups excluding tert-OH is 1. The number of nitrogens with zero attached hydrogens (tertiary/aromatic N) is 1. The fourth-order valence-corrected chi connectivity index (χ4v) is 0.688. The number of nitrogens with one attached hydrogen (secondary N) is 1. The van der Waals surface area contributed by atoms with Crippen LogP contribution in [0, 0.1) is 0 Å². The van der Waals surface area contributed by atoms with Gasteiger partial charge >= 0.3 is 5.69 Å². The molecule has 0 aliphatic rings. The van der Waals surface area contributed by atoms with Crippen LogP contribution in [0.4, 0.5) is 0 Å². The summed E-state index contributed by atoms with van der Waals surface area (Å²) in [6.45, 7) is -0.328. The number of aromatic nitrogens is 2. The van der Waals surface area contributed by atoms with Crippen LogP contribution in [-0.2, 0) is 13.7 Å². The fourth-order valence-electron chi connectivity index (χ4n) is 0.688. The van der Waals surface area contributed by atoms with Gasteiger partial charge in [0.1, 0.15) is 0 Å². The quantitative estimate of drug-likeness (QED) is 0.523. The summed E-state index contributed by atoms with van der Waals surface area (Å²) >= 11 is 0. The topological polar surface area (TPSA) is 75.1 Å². The van der Waals surface area contributed by atoms with Gasteiger partial charge < -0.3 is 10.1 Å². The molecule has 0 saturated heterocycles. The molecular weight excluding hydrogens is 148 g/mol. The average Bonchev–Trinajstić information content (AvgIpc) is 1.99. The molecule has 0 spiro atoms. The van der Waals surface area contributed by atoms with Gasteiger partial charge in [-0.1, -0.05) is 0 Å². The van der Waals surface area contributed by atoms with Crippen LogP contribution in [-0.4, -0.2) is 14.7 Å². The molecule has 0 fully saturated rings. The first-order valence-electron chi connectivity index (χ1n) is 3.05. The van der Waals surface area contributed by atoms with Gasteiger partial charge in [0.25, 0.3) is 5.56 Å². The largest absolute Gasteiger partial charge is 0.390 e. The van der Waals surface area contributed by atoms with Crippen molar-refractivity contribution in [2.75, 3.05) is 0 Å². The lowest BCUT2D eigenvalue weighted by Gasteiger charge is -1.96. The molecule has 0 aliphatic carbocycles. The second-order valence-electron chi connectivity index (χ2n) is 2.16. The Kier molecular flexibility index (Phi) is 1.91. The van der Waals surface area contributed by atoms with Crippen LogP contribution in [0.25, 0.3) is 0 Å². The smallest absolute Gasteiger partial charge is 0.328 e. The van der Waals surface area contributed by atoms with Crippen molar-refractivity contribution in [2.24, 2.45) is 7.05 Å². The van der Waals surface area contributed by atoms with Crippen LogP contribution in [0.1, 0.15) is 5.69 Å². The molecule has 0 unspecified atom stereocenters. The van der Waals surface area contributed by atoms with Gasteiger partial charge in [0, 0.05) is 13.1 Å². The number of aliphatic hydroxyl groups is 1. The third kappa shape index (κ3) is 1.38. The van der Waals surface area contributed by atoms with Crippen LogP contribution in [0.15, 0.2) is 15.7 Å². The summed E-state index contributed by atoms with van der Waals surface area (Å²) in [5, 5.41) is 8.56. The van der Waals surface area contributed by atoms with E-state index in [-0.39, 0.29) is 12.3 Å². The molecular formula is C6H8N2O3. The van der Waals surface area contributed by atoms with Gasteiger partial charge in [0.15, 0.2) is 0 Å². The summed E-state index contributed by atoms with van der Waals surface area (Å²) in [6.07, 6.45) is 0. The summed E-state index contributed by atoms with van der Waals surface area (Å²) in [4.78, 5) is 24.0. The molecule has 5 nitrogen and oxygen atoms in total. The summed E-state index contributed by atoms with van der Waals surface area (Å²) in [5.41, 5.74) is -0.697. The van der Waals surface area contributed by atoms with Crippen LogP contribution >= 0.6 is 0 Å². The Morgan fingerprint density at radius 3 is 2.73 bits per heavy atom. The maximum absolute atomic E-state index is 10.9. The Balaban J connectivity index is 3.45. The van der Waals surface area contributed by atoms with Crippen LogP contribution in [0.2, 0.25) is 0 Å². The molecule has 2 N–H and O–H groups in total. The maximum Gasteiger partial charge on any atom is 0.328 e. The van der Waals surface area contributed by atoms with Crippen LogP contribution in [0.5, 0.6) is 0 Å². The van der Waals surface area contributed by atoms with E-state index >= 15 is 0 Å². The Labute approximate surface area is 61.9 Å². The second-order valence-corrected chi connectivity index (χ2v) is 2.16. The van der Waals surface area contributed by atoms with Gasteiger partial charge in [-0.15, -0.1) is 0 Å². The summed E-state index contributed by atoms with van der Waals surface area (Å²) in [5.74, 6) is 0. The first-order chi connectivity index (χ1) is 5.15. The Hall–Kier alpha value is -1.36. The molecule has 1 aromatic rings. The van der Waals surface area contributed by atoms with Gasteiger partial charge in [0.2, 0.25) is 0 Å². The van der Waals surface area contributed by atoms with Crippen LogP contribution < -0.4 is 11.2 Å². The molecule has 0 aromatic carbocycles. The van der Waals surface area contributed by atoms with E-state index in [1.165, 1.54) is 13.1 Å². The van der Waals surface area contributed by atoms with Gasteiger partial charge in [0.05, 0.1) is 12.3 Å². The highest BCUT2D eigenvalue weighted by atomic mass is 16.3. The van der Waals surface area contributed by atoms with E-state index in [9.17, 15) is 9.59 Å². The van der Waals surface area contributed by atoms with E-state index in [0.717, 1.165) is 4.57 Å². The zero-order valence-electron chi connectivity index (χ0n) is 6.00. The predicted octanol–water partition coefficient (Wildman–Crippen LogP) is -1.43. The molecule has 0 atom stereocenters. The van der Waals surface area contributed by atoms with E-state index in [1.807, 2.05) is 0 Å². The minimum atomic E-state index is -0.512. The van der Waals surface area contributed by atoms with E-state index in [2.05, 4.69) is 4.98 Å². The van der Waals surface area contributed by atoms with Gasteiger partial charge in [-0.2, -0.15) is 0 Å². The van der Waals surface area contributed by atoms with Crippen molar-refractivity contribution >= 4 is 0 Å². The van der Waals surface area contributed by atoms with Crippen molar-refractivity contribution in [3.05, 3.63) is 32.6 Å². The average molecular weight is 156 g/mol. The highest BCUT2D eigenvalue weighted by molar-refractivity contribution is 4.97. The lowest BCUT2D eigenvalue weighted by molar-refractivity contribution is 0.275. The van der Waals surface area contributed by atoms with Gasteiger partial charge in [-0.25, -0.2) is 4.79 Å². The standard InChI is InChI=1S/C6H8N2O3/c1-8-5(10)2-4(3-9)7-6(8)11/h2,9H,3H2,1H3,(H,7,11). The highest BCUT2D eigenvalue weighted by Crippen LogP contribution is 1.81. The fraction of sp³-hybridized carbons (Fsp3) is 0.333. The molecule has 5 heteroatoms. The van der Waals surface area contributed by atoms with Crippen molar-refractivity contribution in [3.8, 4) is 0 Å². The summed E-state index contributed by atoms with van der Waals surface area (Å²) in [6, 6.07) is 1.18. The molecule has 0 aliphatic heterocycles. The third-order valence-electron chi connectivity index (χ3n) is 1.37. The lowest BCUT2D eigenvalue weighted by atomic mass is 10.4. The van der Waals surface area contributed by atoms with E-state index in [0.29, 0.717) is 0 Å². The predicted molar refractivity (Wildman–Crippen MR) is 38.2 cm³/mol. The molecule has 0 radical (unpaired) electrons. The lowest BCUT2D eigenvalue weighted by Crippen LogP contribution is -2.32. The van der Waals surface area contributed by atoms with E-state index < -0.39 is 11.2 Å². The Morgan fingerprint density at radius 2 is 2.27 bits per heavy atom. The van der Waals surface area contributed by atoms with Crippen molar-refractivity contribution in [3.63, 3.8) is 0 Å². The maximum atomic E-state index is 10.9. The summed E-state index contributed by atoms with van der Waals surface area (Å²) in [7, 11) is 1.36. The first-order valence-corrected chi connectivity index (χ1v) is 3.05. The third-order valence-corrected chi connectivity index (χ3v) is 1.37. The molecule has 0 amide bonds. The van der Waals surface area contributed by atoms with Crippen molar-refractivity contribution in [2.45, 2.75) is 6.61 Å². The monoisotopic (exact) mass is 156 g/mol. The van der Waals surface area contributed by atoms with Crippen molar-refractivity contribution in [1.29, 1.82) is 0 Å². The molecule has 0 bridgehead atoms. The molecule has 0 saturated carbocycles. The molecule has 11 heavy (non-hydrogen) atoms. The SMILES string of the molecule is Cn1c(=O)cc(CO)[nH]c1=O. The van der Waals surface area contributed by atoms with Crippen molar-refractivity contribution in [1.82, 2.24) is 9.55 Å². The number of aromatic amines is 1. The number of hydrogen-bond acceptors (Lipinski definition) is 3. The second kappa shape index (κ2) is 2.71. The van der Waals surface area contributed by atoms with E-state index in [1.54, 1.807) is 0 Å². The molecule has 1 rings (SSSR count). The zero-order chi connectivity index (χ0) is 8.43. The highest BCUT2D eigenvalue weighted by Gasteiger charge is 1.97. The van der Waals surface area contributed by atoms with Gasteiger partial charge in [-0.3, -0.25) is 9.36 Å².